The summed E-state index contributed by atoms with van der Waals surface area (Å²) in [7, 11) is 0. The highest BCUT2D eigenvalue weighted by Crippen LogP contribution is 2.30. The number of pyridine rings is 1. The van der Waals surface area contributed by atoms with Crippen LogP contribution < -0.4 is 10.6 Å². The van der Waals surface area contributed by atoms with Gasteiger partial charge >= 0.3 is 5.97 Å². The van der Waals surface area contributed by atoms with Crippen molar-refractivity contribution in [2.45, 2.75) is 50.6 Å². The van der Waals surface area contributed by atoms with Crippen LogP contribution in [0.5, 0.6) is 0 Å². The zero-order valence-corrected chi connectivity index (χ0v) is 15.0. The van der Waals surface area contributed by atoms with Crippen LogP contribution >= 0.6 is 0 Å². The number of amides is 2. The van der Waals surface area contributed by atoms with E-state index >= 15 is 0 Å². The first-order valence-corrected chi connectivity index (χ1v) is 9.09. The Morgan fingerprint density at radius 1 is 1.22 bits per heavy atom. The zero-order chi connectivity index (χ0) is 19.3. The van der Waals surface area contributed by atoms with Gasteiger partial charge in [-0.15, -0.1) is 0 Å². The topological polar surface area (TPSA) is 108 Å². The maximum absolute atomic E-state index is 12.2. The number of hydrogen-bond acceptors (Lipinski definition) is 4. The second-order valence-corrected chi connectivity index (χ2v) is 7.03. The Labute approximate surface area is 157 Å². The van der Waals surface area contributed by atoms with Crippen LogP contribution in [0, 0.1) is 0 Å². The summed E-state index contributed by atoms with van der Waals surface area (Å²) in [6.45, 7) is 0.415. The van der Waals surface area contributed by atoms with Crippen molar-refractivity contribution < 1.29 is 19.5 Å². The number of nitrogens with zero attached hydrogens (tertiary/aromatic N) is 1. The van der Waals surface area contributed by atoms with Crippen molar-refractivity contribution in [3.63, 3.8) is 0 Å². The molecule has 7 nitrogen and oxygen atoms in total. The minimum atomic E-state index is -0.897. The molecule has 0 spiro atoms. The summed E-state index contributed by atoms with van der Waals surface area (Å²) >= 11 is 0. The van der Waals surface area contributed by atoms with Crippen molar-refractivity contribution in [3.8, 4) is 0 Å². The zero-order valence-electron chi connectivity index (χ0n) is 15.0. The number of nitrogens with one attached hydrogen (secondary N) is 2. The molecule has 1 aromatic heterocycles. The SMILES string of the molecule is O=C(O)CC[C@@]1(CCC(=O)NCc2ccc3ncccc3c2)CCC(=O)N1. The Kier molecular flexibility index (Phi) is 5.69. The molecule has 0 aliphatic carbocycles. The fourth-order valence-corrected chi connectivity index (χ4v) is 3.50. The van der Waals surface area contributed by atoms with Crippen molar-refractivity contribution in [1.29, 1.82) is 0 Å². The predicted octanol–water partition coefficient (Wildman–Crippen LogP) is 2.14. The molecule has 0 unspecified atom stereocenters. The summed E-state index contributed by atoms with van der Waals surface area (Å²) in [6.07, 6.45) is 3.71. The van der Waals surface area contributed by atoms with Crippen molar-refractivity contribution in [2.75, 3.05) is 0 Å². The van der Waals surface area contributed by atoms with E-state index in [0.717, 1.165) is 16.5 Å². The smallest absolute Gasteiger partial charge is 0.303 e. The first-order valence-electron chi connectivity index (χ1n) is 9.09. The van der Waals surface area contributed by atoms with E-state index in [0.29, 0.717) is 32.2 Å². The maximum Gasteiger partial charge on any atom is 0.303 e. The normalized spacial score (nSPS) is 19.0. The molecule has 0 radical (unpaired) electrons. The number of fused-ring (bicyclic) bond motifs is 1. The molecule has 2 heterocycles. The minimum absolute atomic E-state index is 0.0208. The lowest BCUT2D eigenvalue weighted by molar-refractivity contribution is -0.137. The van der Waals surface area contributed by atoms with Gasteiger partial charge in [0.25, 0.3) is 0 Å². The first-order chi connectivity index (χ1) is 13.0. The van der Waals surface area contributed by atoms with E-state index in [4.69, 9.17) is 5.11 Å². The van der Waals surface area contributed by atoms with E-state index in [2.05, 4.69) is 15.6 Å². The van der Waals surface area contributed by atoms with Gasteiger partial charge in [-0.3, -0.25) is 19.4 Å². The van der Waals surface area contributed by atoms with E-state index in [1.54, 1.807) is 6.20 Å². The van der Waals surface area contributed by atoms with Gasteiger partial charge in [0.05, 0.1) is 5.52 Å². The van der Waals surface area contributed by atoms with Gasteiger partial charge in [0.1, 0.15) is 0 Å². The number of carboxylic acids is 1. The number of rotatable bonds is 8. The summed E-state index contributed by atoms with van der Waals surface area (Å²) in [6, 6.07) is 9.70. The summed E-state index contributed by atoms with van der Waals surface area (Å²) in [5.41, 5.74) is 1.31. The number of carbonyl (C=O) groups is 3. The largest absolute Gasteiger partial charge is 0.481 e. The fourth-order valence-electron chi connectivity index (χ4n) is 3.50. The van der Waals surface area contributed by atoms with Crippen molar-refractivity contribution in [1.82, 2.24) is 15.6 Å². The van der Waals surface area contributed by atoms with E-state index in [1.807, 2.05) is 30.3 Å². The molecule has 3 N–H and O–H groups in total. The van der Waals surface area contributed by atoms with Crippen LogP contribution in [0.4, 0.5) is 0 Å². The third-order valence-corrected chi connectivity index (χ3v) is 5.04. The standard InChI is InChI=1S/C20H23N3O4/c24-17(5-8-20(10-7-19(26)27)9-6-18(25)23-20)22-13-14-3-4-16-15(12-14)2-1-11-21-16/h1-4,11-12H,5-10,13H2,(H,22,24)(H,23,25)(H,26,27)/t20-/m1/s1. The number of benzene rings is 1. The van der Waals surface area contributed by atoms with E-state index in [-0.39, 0.29) is 24.7 Å². The molecule has 142 valence electrons. The molecule has 1 fully saturated rings. The van der Waals surface area contributed by atoms with Gasteiger partial charge in [0.15, 0.2) is 0 Å². The lowest BCUT2D eigenvalue weighted by Crippen LogP contribution is -2.43. The fraction of sp³-hybridized carbons (Fsp3) is 0.400. The van der Waals surface area contributed by atoms with Gasteiger partial charge in [-0.05, 0) is 43.0 Å². The van der Waals surface area contributed by atoms with Crippen LogP contribution in [-0.4, -0.2) is 33.4 Å². The van der Waals surface area contributed by atoms with Crippen LogP contribution in [-0.2, 0) is 20.9 Å². The summed E-state index contributed by atoms with van der Waals surface area (Å²) in [5, 5.41) is 15.7. The molecular formula is C20H23N3O4. The third-order valence-electron chi connectivity index (χ3n) is 5.04. The Bertz CT molecular complexity index is 867. The predicted molar refractivity (Wildman–Crippen MR) is 99.8 cm³/mol. The Hall–Kier alpha value is -2.96. The summed E-state index contributed by atoms with van der Waals surface area (Å²) < 4.78 is 0. The van der Waals surface area contributed by atoms with Crippen molar-refractivity contribution >= 4 is 28.7 Å². The number of carbonyl (C=O) groups excluding carboxylic acids is 2. The van der Waals surface area contributed by atoms with Gasteiger partial charge in [-0.25, -0.2) is 0 Å². The average molecular weight is 369 g/mol. The first kappa shape index (κ1) is 18.8. The Morgan fingerprint density at radius 3 is 2.78 bits per heavy atom. The molecule has 2 amide bonds. The second kappa shape index (κ2) is 8.16. The van der Waals surface area contributed by atoms with Crippen LogP contribution in [0.25, 0.3) is 10.9 Å². The van der Waals surface area contributed by atoms with Gasteiger partial charge in [-0.2, -0.15) is 0 Å². The lowest BCUT2D eigenvalue weighted by atomic mass is 9.86. The van der Waals surface area contributed by atoms with Gasteiger partial charge < -0.3 is 15.7 Å². The molecule has 0 saturated carbocycles. The molecule has 0 bridgehead atoms. The highest BCUT2D eigenvalue weighted by atomic mass is 16.4. The summed E-state index contributed by atoms with van der Waals surface area (Å²) in [5.74, 6) is -1.09. The monoisotopic (exact) mass is 369 g/mol. The second-order valence-electron chi connectivity index (χ2n) is 7.03. The van der Waals surface area contributed by atoms with Crippen LogP contribution in [0.2, 0.25) is 0 Å². The molecule has 2 aromatic rings. The van der Waals surface area contributed by atoms with Gasteiger partial charge in [0.2, 0.25) is 11.8 Å². The molecule has 1 atom stereocenters. The van der Waals surface area contributed by atoms with Gasteiger partial charge in [0, 0.05) is 42.9 Å². The maximum atomic E-state index is 12.2. The van der Waals surface area contributed by atoms with Crippen LogP contribution in [0.3, 0.4) is 0 Å². The number of aromatic nitrogens is 1. The lowest BCUT2D eigenvalue weighted by Gasteiger charge is -2.28. The number of aliphatic carboxylic acids is 1. The average Bonchev–Trinajstić information content (AvgIpc) is 3.04. The van der Waals surface area contributed by atoms with E-state index in [1.165, 1.54) is 0 Å². The molecule has 1 aliphatic rings. The quantitative estimate of drug-likeness (QED) is 0.661. The molecule has 7 heteroatoms. The molecule has 1 saturated heterocycles. The van der Waals surface area contributed by atoms with E-state index < -0.39 is 11.5 Å². The Balaban J connectivity index is 1.53. The van der Waals surface area contributed by atoms with Crippen LogP contribution in [0.1, 0.15) is 44.1 Å². The molecule has 1 aromatic carbocycles. The molecular weight excluding hydrogens is 346 g/mol. The highest BCUT2D eigenvalue weighted by Gasteiger charge is 2.37. The summed E-state index contributed by atoms with van der Waals surface area (Å²) in [4.78, 5) is 39.0. The minimum Gasteiger partial charge on any atom is -0.481 e. The third kappa shape index (κ3) is 5.03. The molecule has 1 aliphatic heterocycles. The van der Waals surface area contributed by atoms with Gasteiger partial charge in [-0.1, -0.05) is 12.1 Å². The number of carboxylic acid groups (broad SMARTS) is 1. The Morgan fingerprint density at radius 2 is 2.04 bits per heavy atom. The van der Waals surface area contributed by atoms with Crippen molar-refractivity contribution in [2.24, 2.45) is 0 Å². The van der Waals surface area contributed by atoms with E-state index in [9.17, 15) is 14.4 Å². The molecule has 3 rings (SSSR count). The van der Waals surface area contributed by atoms with Crippen LogP contribution in [0.15, 0.2) is 36.5 Å². The molecule has 27 heavy (non-hydrogen) atoms. The highest BCUT2D eigenvalue weighted by molar-refractivity contribution is 5.81. The number of hydrogen-bond donors (Lipinski definition) is 3. The van der Waals surface area contributed by atoms with Crippen molar-refractivity contribution in [3.05, 3.63) is 42.1 Å².